The van der Waals surface area contributed by atoms with Gasteiger partial charge in [-0.05, 0) is 30.3 Å². The van der Waals surface area contributed by atoms with Crippen LogP contribution in [-0.2, 0) is 16.2 Å². The van der Waals surface area contributed by atoms with Gasteiger partial charge in [0, 0.05) is 6.07 Å². The molecule has 0 aliphatic rings. The summed E-state index contributed by atoms with van der Waals surface area (Å²) >= 11 is 5.40. The number of halogens is 6. The first-order chi connectivity index (χ1) is 10.5. The van der Waals surface area contributed by atoms with E-state index in [0.717, 1.165) is 12.1 Å². The van der Waals surface area contributed by atoms with Crippen molar-refractivity contribution in [2.75, 3.05) is 4.72 Å². The van der Waals surface area contributed by atoms with E-state index in [1.807, 2.05) is 0 Å². The van der Waals surface area contributed by atoms with Gasteiger partial charge in [-0.25, -0.2) is 17.2 Å². The number of alkyl halides is 3. The van der Waals surface area contributed by atoms with Gasteiger partial charge in [-0.1, -0.05) is 11.6 Å². The van der Waals surface area contributed by atoms with Crippen molar-refractivity contribution in [1.29, 1.82) is 0 Å². The van der Waals surface area contributed by atoms with E-state index in [1.165, 1.54) is 0 Å². The van der Waals surface area contributed by atoms with Gasteiger partial charge in [0.25, 0.3) is 10.0 Å². The molecule has 0 saturated carbocycles. The summed E-state index contributed by atoms with van der Waals surface area (Å²) in [5.74, 6) is -2.09. The van der Waals surface area contributed by atoms with Gasteiger partial charge in [-0.15, -0.1) is 0 Å². The van der Waals surface area contributed by atoms with Gasteiger partial charge in [-0.2, -0.15) is 13.2 Å². The van der Waals surface area contributed by atoms with Crippen molar-refractivity contribution < 1.29 is 30.4 Å². The Morgan fingerprint density at radius 2 is 1.52 bits per heavy atom. The number of hydrogen-bond donors (Lipinski definition) is 1. The molecule has 0 aliphatic heterocycles. The van der Waals surface area contributed by atoms with Crippen LogP contribution in [0.5, 0.6) is 0 Å². The van der Waals surface area contributed by atoms with Crippen LogP contribution in [0.3, 0.4) is 0 Å². The molecule has 3 nitrogen and oxygen atoms in total. The quantitative estimate of drug-likeness (QED) is 0.811. The predicted molar refractivity (Wildman–Crippen MR) is 73.6 cm³/mol. The van der Waals surface area contributed by atoms with Gasteiger partial charge in [0.1, 0.15) is 11.6 Å². The first kappa shape index (κ1) is 17.5. The summed E-state index contributed by atoms with van der Waals surface area (Å²) in [6.07, 6.45) is -4.85. The van der Waals surface area contributed by atoms with E-state index in [4.69, 9.17) is 11.6 Å². The largest absolute Gasteiger partial charge is 0.417 e. The second kappa shape index (κ2) is 5.97. The van der Waals surface area contributed by atoms with Crippen LogP contribution >= 0.6 is 11.6 Å². The summed E-state index contributed by atoms with van der Waals surface area (Å²) in [5.41, 5.74) is -1.81. The zero-order valence-electron chi connectivity index (χ0n) is 11.0. The summed E-state index contributed by atoms with van der Waals surface area (Å²) in [4.78, 5) is -0.751. The van der Waals surface area contributed by atoms with Gasteiger partial charge in [0.05, 0.1) is 21.2 Å². The maximum Gasteiger partial charge on any atom is 0.417 e. The molecule has 0 unspecified atom stereocenters. The van der Waals surface area contributed by atoms with Crippen LogP contribution < -0.4 is 4.72 Å². The molecule has 0 fully saturated rings. The van der Waals surface area contributed by atoms with E-state index in [9.17, 15) is 30.4 Å². The summed E-state index contributed by atoms with van der Waals surface area (Å²) in [7, 11) is -4.49. The van der Waals surface area contributed by atoms with Crippen LogP contribution in [0.2, 0.25) is 5.02 Å². The van der Waals surface area contributed by atoms with Gasteiger partial charge in [0.2, 0.25) is 0 Å². The average molecular weight is 372 g/mol. The summed E-state index contributed by atoms with van der Waals surface area (Å²) in [6, 6.07) is 3.82. The minimum Gasteiger partial charge on any atom is -0.279 e. The van der Waals surface area contributed by atoms with Crippen molar-refractivity contribution in [3.05, 3.63) is 58.6 Å². The second-order valence-electron chi connectivity index (χ2n) is 4.40. The zero-order valence-corrected chi connectivity index (χ0v) is 12.5. The molecule has 0 aliphatic carbocycles. The Balaban J connectivity index is 2.44. The molecule has 2 rings (SSSR count). The zero-order chi connectivity index (χ0) is 17.4. The first-order valence-corrected chi connectivity index (χ1v) is 7.71. The number of benzene rings is 2. The van der Waals surface area contributed by atoms with Crippen LogP contribution in [0, 0.1) is 11.6 Å². The highest BCUT2D eigenvalue weighted by molar-refractivity contribution is 7.92. The molecule has 124 valence electrons. The Morgan fingerprint density at radius 3 is 2.04 bits per heavy atom. The SMILES string of the molecule is O=S(=O)(Nc1cc(F)cc(F)c1)c1ccc(Cl)c(C(F)(F)F)c1. The first-order valence-electron chi connectivity index (χ1n) is 5.85. The third-order valence-electron chi connectivity index (χ3n) is 2.67. The second-order valence-corrected chi connectivity index (χ2v) is 6.49. The number of sulfonamides is 1. The lowest BCUT2D eigenvalue weighted by molar-refractivity contribution is -0.137. The summed E-state index contributed by atoms with van der Waals surface area (Å²) in [6.45, 7) is 0. The molecular formula is C13H7ClF5NO2S. The molecule has 0 saturated heterocycles. The third kappa shape index (κ3) is 4.11. The van der Waals surface area contributed by atoms with Crippen molar-refractivity contribution in [3.63, 3.8) is 0 Å². The fourth-order valence-electron chi connectivity index (χ4n) is 1.72. The summed E-state index contributed by atoms with van der Waals surface area (Å²) < 4.78 is 90.2. The third-order valence-corrected chi connectivity index (χ3v) is 4.38. The highest BCUT2D eigenvalue weighted by Crippen LogP contribution is 2.36. The molecule has 0 spiro atoms. The van der Waals surface area contributed by atoms with Gasteiger partial charge in [-0.3, -0.25) is 4.72 Å². The lowest BCUT2D eigenvalue weighted by Gasteiger charge is -2.12. The van der Waals surface area contributed by atoms with Crippen molar-refractivity contribution >= 4 is 27.3 Å². The molecule has 2 aromatic carbocycles. The van der Waals surface area contributed by atoms with Crippen LogP contribution in [0.4, 0.5) is 27.6 Å². The summed E-state index contributed by atoms with van der Waals surface area (Å²) in [5, 5.41) is -0.673. The molecule has 1 N–H and O–H groups in total. The van der Waals surface area contributed by atoms with Gasteiger partial charge < -0.3 is 0 Å². The minimum absolute atomic E-state index is 0.334. The molecule has 0 atom stereocenters. The van der Waals surface area contributed by atoms with Crippen LogP contribution in [0.1, 0.15) is 5.56 Å². The highest BCUT2D eigenvalue weighted by Gasteiger charge is 2.34. The highest BCUT2D eigenvalue weighted by atomic mass is 35.5. The molecular weight excluding hydrogens is 365 g/mol. The van der Waals surface area contributed by atoms with E-state index < -0.39 is 49.0 Å². The van der Waals surface area contributed by atoms with Crippen LogP contribution in [0.25, 0.3) is 0 Å². The number of hydrogen-bond acceptors (Lipinski definition) is 2. The fourth-order valence-corrected chi connectivity index (χ4v) is 3.01. The van der Waals surface area contributed by atoms with Crippen molar-refractivity contribution in [1.82, 2.24) is 0 Å². The van der Waals surface area contributed by atoms with Crippen molar-refractivity contribution in [2.24, 2.45) is 0 Å². The normalized spacial score (nSPS) is 12.3. The maximum absolute atomic E-state index is 13.0. The smallest absolute Gasteiger partial charge is 0.279 e. The van der Waals surface area contributed by atoms with Crippen LogP contribution in [-0.4, -0.2) is 8.42 Å². The topological polar surface area (TPSA) is 46.2 Å². The monoisotopic (exact) mass is 371 g/mol. The Bertz CT molecular complexity index is 832. The average Bonchev–Trinajstić information content (AvgIpc) is 2.35. The molecule has 23 heavy (non-hydrogen) atoms. The molecule has 10 heteroatoms. The van der Waals surface area contributed by atoms with E-state index in [1.54, 1.807) is 4.72 Å². The molecule has 0 aromatic heterocycles. The Labute approximate surface area is 132 Å². The standard InChI is InChI=1S/C13H7ClF5NO2S/c14-12-2-1-10(6-11(12)13(17,18)19)23(21,22)20-9-4-7(15)3-8(16)5-9/h1-6,20H. The number of rotatable bonds is 3. The lowest BCUT2D eigenvalue weighted by atomic mass is 10.2. The number of anilines is 1. The molecule has 0 heterocycles. The fraction of sp³-hybridized carbons (Fsp3) is 0.0769. The molecule has 0 radical (unpaired) electrons. The maximum atomic E-state index is 13.0. The van der Waals surface area contributed by atoms with Crippen LogP contribution in [0.15, 0.2) is 41.3 Å². The van der Waals surface area contributed by atoms with Gasteiger partial charge >= 0.3 is 6.18 Å². The predicted octanol–water partition coefficient (Wildman–Crippen LogP) is 4.44. The Kier molecular flexibility index (Phi) is 4.54. The van der Waals surface area contributed by atoms with E-state index in [2.05, 4.69) is 0 Å². The van der Waals surface area contributed by atoms with Gasteiger partial charge in [0.15, 0.2) is 0 Å². The Morgan fingerprint density at radius 1 is 0.957 bits per heavy atom. The van der Waals surface area contributed by atoms with Crippen molar-refractivity contribution in [2.45, 2.75) is 11.1 Å². The molecule has 0 amide bonds. The lowest BCUT2D eigenvalue weighted by Crippen LogP contribution is -2.15. The van der Waals surface area contributed by atoms with Crippen molar-refractivity contribution in [3.8, 4) is 0 Å². The van der Waals surface area contributed by atoms with E-state index in [0.29, 0.717) is 24.3 Å². The Hall–Kier alpha value is -1.87. The van der Waals surface area contributed by atoms with E-state index in [-0.39, 0.29) is 0 Å². The van der Waals surface area contributed by atoms with E-state index >= 15 is 0 Å². The minimum atomic E-state index is -4.85. The number of nitrogens with one attached hydrogen (secondary N) is 1. The molecule has 0 bridgehead atoms. The molecule has 2 aromatic rings.